The second kappa shape index (κ2) is 7.74. The number of nitrogens with zero attached hydrogens (tertiary/aromatic N) is 1. The molecule has 1 aromatic carbocycles. The van der Waals surface area contributed by atoms with Crippen molar-refractivity contribution in [2.24, 2.45) is 11.7 Å². The number of rotatable bonds is 7. The fraction of sp³-hybridized carbons (Fsp3) is 0.571. The van der Waals surface area contributed by atoms with Gasteiger partial charge in [0.05, 0.1) is 0 Å². The minimum atomic E-state index is -3.43. The van der Waals surface area contributed by atoms with Crippen LogP contribution >= 0.6 is 0 Å². The maximum atomic E-state index is 12.2. The second-order valence-corrected chi connectivity index (χ2v) is 6.92. The van der Waals surface area contributed by atoms with E-state index in [1.165, 1.54) is 4.31 Å². The van der Waals surface area contributed by atoms with Crippen LogP contribution < -0.4 is 15.2 Å². The molecule has 3 N–H and O–H groups in total. The molecule has 0 spiro atoms. The van der Waals surface area contributed by atoms with Gasteiger partial charge < -0.3 is 10.5 Å². The first-order valence-corrected chi connectivity index (χ1v) is 8.68. The zero-order chi connectivity index (χ0) is 15.1. The Balaban J connectivity index is 1.76. The lowest BCUT2D eigenvalue weighted by atomic mass is 10.0. The van der Waals surface area contributed by atoms with Crippen molar-refractivity contribution in [2.45, 2.75) is 12.8 Å². The van der Waals surface area contributed by atoms with E-state index in [0.717, 1.165) is 18.6 Å². The first-order chi connectivity index (χ1) is 10.1. The standard InChI is InChI=1S/C14H23N3O3S/c15-11-13-5-4-9-17(12-13)21(18,19)16-8-10-20-14-6-2-1-3-7-14/h1-3,6-7,13,16H,4-5,8-12,15H2. The highest BCUT2D eigenvalue weighted by Crippen LogP contribution is 2.17. The summed E-state index contributed by atoms with van der Waals surface area (Å²) in [5.41, 5.74) is 5.63. The average Bonchev–Trinajstić information content (AvgIpc) is 2.53. The number of hydrogen-bond acceptors (Lipinski definition) is 4. The Kier molecular flexibility index (Phi) is 5.98. The van der Waals surface area contributed by atoms with E-state index in [9.17, 15) is 8.42 Å². The molecule has 0 aromatic heterocycles. The normalized spacial score (nSPS) is 20.3. The molecule has 0 amide bonds. The van der Waals surface area contributed by atoms with Crippen LogP contribution in [-0.2, 0) is 10.2 Å². The molecule has 0 bridgehead atoms. The minimum absolute atomic E-state index is 0.251. The van der Waals surface area contributed by atoms with Crippen molar-refractivity contribution in [3.05, 3.63) is 30.3 Å². The van der Waals surface area contributed by atoms with Gasteiger partial charge in [-0.3, -0.25) is 0 Å². The van der Waals surface area contributed by atoms with E-state index >= 15 is 0 Å². The molecule has 1 saturated heterocycles. The second-order valence-electron chi connectivity index (χ2n) is 5.16. The van der Waals surface area contributed by atoms with E-state index in [-0.39, 0.29) is 12.5 Å². The molecule has 1 atom stereocenters. The van der Waals surface area contributed by atoms with E-state index in [4.69, 9.17) is 10.5 Å². The summed E-state index contributed by atoms with van der Waals surface area (Å²) in [5.74, 6) is 0.994. The van der Waals surface area contributed by atoms with Gasteiger partial charge >= 0.3 is 0 Å². The largest absolute Gasteiger partial charge is 0.492 e. The summed E-state index contributed by atoms with van der Waals surface area (Å²) in [6.07, 6.45) is 1.86. The molecular formula is C14H23N3O3S. The van der Waals surface area contributed by atoms with Gasteiger partial charge in [-0.15, -0.1) is 0 Å². The fourth-order valence-electron chi connectivity index (χ4n) is 2.39. The molecule has 118 valence electrons. The number of hydrogen-bond donors (Lipinski definition) is 2. The first kappa shape index (κ1) is 16.2. The van der Waals surface area contributed by atoms with Crippen LogP contribution in [0.3, 0.4) is 0 Å². The number of piperidine rings is 1. The number of ether oxygens (including phenoxy) is 1. The first-order valence-electron chi connectivity index (χ1n) is 7.24. The number of para-hydroxylation sites is 1. The third-order valence-corrected chi connectivity index (χ3v) is 5.13. The summed E-state index contributed by atoms with van der Waals surface area (Å²) in [5, 5.41) is 0. The van der Waals surface area contributed by atoms with E-state index in [1.807, 2.05) is 30.3 Å². The third-order valence-electron chi connectivity index (χ3n) is 3.55. The zero-order valence-electron chi connectivity index (χ0n) is 12.1. The molecule has 1 aromatic rings. The van der Waals surface area contributed by atoms with Crippen molar-refractivity contribution >= 4 is 10.2 Å². The van der Waals surface area contributed by atoms with Crippen molar-refractivity contribution < 1.29 is 13.2 Å². The quantitative estimate of drug-likeness (QED) is 0.721. The van der Waals surface area contributed by atoms with Gasteiger partial charge in [0.15, 0.2) is 0 Å². The average molecular weight is 313 g/mol. The molecule has 21 heavy (non-hydrogen) atoms. The number of nitrogens with one attached hydrogen (secondary N) is 1. The van der Waals surface area contributed by atoms with E-state index in [0.29, 0.717) is 26.2 Å². The van der Waals surface area contributed by atoms with Gasteiger partial charge in [0.2, 0.25) is 0 Å². The van der Waals surface area contributed by atoms with Gasteiger partial charge in [-0.25, -0.2) is 0 Å². The fourth-order valence-corrected chi connectivity index (χ4v) is 3.69. The molecule has 2 rings (SSSR count). The maximum absolute atomic E-state index is 12.2. The van der Waals surface area contributed by atoms with E-state index in [1.54, 1.807) is 0 Å². The summed E-state index contributed by atoms with van der Waals surface area (Å²) < 4.78 is 33.9. The lowest BCUT2D eigenvalue weighted by molar-refractivity contribution is 0.266. The van der Waals surface area contributed by atoms with E-state index < -0.39 is 10.2 Å². The molecule has 7 heteroatoms. The lowest BCUT2D eigenvalue weighted by Crippen LogP contribution is -2.47. The van der Waals surface area contributed by atoms with Crippen LogP contribution in [0.15, 0.2) is 30.3 Å². The molecule has 1 aliphatic rings. The Bertz CT molecular complexity index is 522. The van der Waals surface area contributed by atoms with Gasteiger partial charge in [-0.1, -0.05) is 18.2 Å². The molecule has 1 aliphatic heterocycles. The molecule has 1 fully saturated rings. The molecule has 0 radical (unpaired) electrons. The van der Waals surface area contributed by atoms with Crippen molar-refractivity contribution in [1.29, 1.82) is 0 Å². The summed E-state index contributed by atoms with van der Waals surface area (Å²) >= 11 is 0. The van der Waals surface area contributed by atoms with Crippen LogP contribution in [0, 0.1) is 5.92 Å². The zero-order valence-corrected chi connectivity index (χ0v) is 12.9. The lowest BCUT2D eigenvalue weighted by Gasteiger charge is -2.31. The Morgan fingerprint density at radius 3 is 2.81 bits per heavy atom. The molecule has 1 unspecified atom stereocenters. The summed E-state index contributed by atoms with van der Waals surface area (Å²) in [6, 6.07) is 9.33. The summed E-state index contributed by atoms with van der Waals surface area (Å²) in [7, 11) is -3.43. The third kappa shape index (κ3) is 4.96. The molecule has 6 nitrogen and oxygen atoms in total. The summed E-state index contributed by atoms with van der Waals surface area (Å²) in [4.78, 5) is 0. The van der Waals surface area contributed by atoms with E-state index in [2.05, 4.69) is 4.72 Å². The monoisotopic (exact) mass is 313 g/mol. The highest BCUT2D eigenvalue weighted by molar-refractivity contribution is 7.87. The van der Waals surface area contributed by atoms with Crippen LogP contribution in [-0.4, -0.2) is 45.5 Å². The SMILES string of the molecule is NCC1CCCN(S(=O)(=O)NCCOc2ccccc2)C1. The van der Waals surface area contributed by atoms with Crippen molar-refractivity contribution in [3.63, 3.8) is 0 Å². The van der Waals surface area contributed by atoms with Crippen LogP contribution in [0.2, 0.25) is 0 Å². The van der Waals surface area contributed by atoms with Crippen molar-refractivity contribution in [3.8, 4) is 5.75 Å². The predicted molar refractivity (Wildman–Crippen MR) is 82.2 cm³/mol. The topological polar surface area (TPSA) is 84.7 Å². The molecule has 0 saturated carbocycles. The Morgan fingerprint density at radius 1 is 1.33 bits per heavy atom. The Labute approximate surface area is 126 Å². The highest BCUT2D eigenvalue weighted by atomic mass is 32.2. The number of benzene rings is 1. The predicted octanol–water partition coefficient (Wildman–Crippen LogP) is 0.571. The van der Waals surface area contributed by atoms with Gasteiger partial charge in [0, 0.05) is 19.6 Å². The maximum Gasteiger partial charge on any atom is 0.279 e. The van der Waals surface area contributed by atoms with Gasteiger partial charge in [-0.05, 0) is 37.4 Å². The van der Waals surface area contributed by atoms with Crippen LogP contribution in [0.25, 0.3) is 0 Å². The molecular weight excluding hydrogens is 290 g/mol. The molecule has 1 heterocycles. The molecule has 0 aliphatic carbocycles. The summed E-state index contributed by atoms with van der Waals surface area (Å²) in [6.45, 7) is 2.15. The Morgan fingerprint density at radius 2 is 2.10 bits per heavy atom. The van der Waals surface area contributed by atoms with Crippen LogP contribution in [0.4, 0.5) is 0 Å². The smallest absolute Gasteiger partial charge is 0.279 e. The van der Waals surface area contributed by atoms with Crippen LogP contribution in [0.5, 0.6) is 5.75 Å². The van der Waals surface area contributed by atoms with Gasteiger partial charge in [-0.2, -0.15) is 17.4 Å². The van der Waals surface area contributed by atoms with Crippen molar-refractivity contribution in [2.75, 3.05) is 32.8 Å². The van der Waals surface area contributed by atoms with Crippen molar-refractivity contribution in [1.82, 2.24) is 9.03 Å². The number of nitrogens with two attached hydrogens (primary N) is 1. The van der Waals surface area contributed by atoms with Gasteiger partial charge in [0.1, 0.15) is 12.4 Å². The van der Waals surface area contributed by atoms with Crippen LogP contribution in [0.1, 0.15) is 12.8 Å². The minimum Gasteiger partial charge on any atom is -0.492 e. The highest BCUT2D eigenvalue weighted by Gasteiger charge is 2.27. The Hall–Kier alpha value is -1.15. The van der Waals surface area contributed by atoms with Gasteiger partial charge in [0.25, 0.3) is 10.2 Å².